The second-order valence-corrected chi connectivity index (χ2v) is 6.17. The second kappa shape index (κ2) is 7.59. The van der Waals surface area contributed by atoms with Gasteiger partial charge in [0.05, 0.1) is 24.8 Å². The van der Waals surface area contributed by atoms with Gasteiger partial charge in [-0.05, 0) is 6.92 Å². The van der Waals surface area contributed by atoms with Crippen LogP contribution in [0.15, 0.2) is 6.20 Å². The molecule has 1 aliphatic heterocycles. The molecule has 0 saturated heterocycles. The Kier molecular flexibility index (Phi) is 5.76. The number of carbonyl (C=O) groups excluding carboxylic acids is 2. The van der Waals surface area contributed by atoms with Crippen LogP contribution in [0.25, 0.3) is 0 Å². The molecular weight excluding hydrogens is 296 g/mol. The van der Waals surface area contributed by atoms with Crippen LogP contribution in [-0.4, -0.2) is 53.1 Å². The van der Waals surface area contributed by atoms with Crippen LogP contribution in [0.3, 0.4) is 0 Å². The van der Waals surface area contributed by atoms with Crippen molar-refractivity contribution in [2.24, 2.45) is 5.92 Å². The van der Waals surface area contributed by atoms with Gasteiger partial charge < -0.3 is 19.5 Å². The third-order valence-electron chi connectivity index (χ3n) is 4.03. The number of imidazole rings is 1. The molecule has 1 N–H and O–H groups in total. The molecule has 128 valence electrons. The fourth-order valence-corrected chi connectivity index (χ4v) is 2.78. The van der Waals surface area contributed by atoms with Crippen molar-refractivity contribution < 1.29 is 14.3 Å². The average Bonchev–Trinajstić information content (AvgIpc) is 2.90. The molecule has 0 unspecified atom stereocenters. The average molecular weight is 322 g/mol. The third-order valence-corrected chi connectivity index (χ3v) is 4.03. The minimum absolute atomic E-state index is 0.0232. The molecule has 0 fully saturated rings. The van der Waals surface area contributed by atoms with Crippen molar-refractivity contribution in [3.63, 3.8) is 0 Å². The zero-order valence-electron chi connectivity index (χ0n) is 14.3. The molecule has 1 aromatic rings. The highest BCUT2D eigenvalue weighted by atomic mass is 16.5. The van der Waals surface area contributed by atoms with Gasteiger partial charge in [0.2, 0.25) is 11.8 Å². The maximum absolute atomic E-state index is 12.3. The van der Waals surface area contributed by atoms with E-state index in [0.29, 0.717) is 19.7 Å². The lowest BCUT2D eigenvalue weighted by atomic mass is 10.1. The molecule has 2 amide bonds. The first kappa shape index (κ1) is 17.5. The lowest BCUT2D eigenvalue weighted by Gasteiger charge is -2.34. The third kappa shape index (κ3) is 4.10. The molecule has 7 heteroatoms. The number of methoxy groups -OCH3 is 1. The fourth-order valence-electron chi connectivity index (χ4n) is 2.78. The monoisotopic (exact) mass is 322 g/mol. The number of ether oxygens (including phenoxy) is 1. The summed E-state index contributed by atoms with van der Waals surface area (Å²) in [6, 6.07) is -0.0658. The van der Waals surface area contributed by atoms with Crippen LogP contribution in [-0.2, 0) is 27.3 Å². The summed E-state index contributed by atoms with van der Waals surface area (Å²) in [7, 11) is 1.60. The highest BCUT2D eigenvalue weighted by molar-refractivity contribution is 5.79. The van der Waals surface area contributed by atoms with Crippen molar-refractivity contribution in [1.82, 2.24) is 19.8 Å². The van der Waals surface area contributed by atoms with Crippen molar-refractivity contribution in [3.05, 3.63) is 17.7 Å². The molecule has 0 radical (unpaired) electrons. The molecule has 2 heterocycles. The molecule has 0 saturated carbocycles. The Bertz CT molecular complexity index is 568. The molecule has 1 aliphatic rings. The van der Waals surface area contributed by atoms with E-state index in [9.17, 15) is 9.59 Å². The van der Waals surface area contributed by atoms with E-state index in [4.69, 9.17) is 4.74 Å². The van der Waals surface area contributed by atoms with E-state index < -0.39 is 0 Å². The minimum atomic E-state index is -0.0692. The van der Waals surface area contributed by atoms with E-state index in [2.05, 4.69) is 10.3 Å². The maximum atomic E-state index is 12.3. The quantitative estimate of drug-likeness (QED) is 0.784. The molecule has 0 aromatic carbocycles. The highest BCUT2D eigenvalue weighted by Crippen LogP contribution is 2.26. The number of aromatic nitrogens is 2. The largest absolute Gasteiger partial charge is 0.383 e. The smallest absolute Gasteiger partial charge is 0.226 e. The Balaban J connectivity index is 2.03. The zero-order chi connectivity index (χ0) is 17.0. The molecule has 1 atom stereocenters. The molecule has 23 heavy (non-hydrogen) atoms. The van der Waals surface area contributed by atoms with Gasteiger partial charge in [-0.1, -0.05) is 13.8 Å². The number of amides is 2. The number of nitrogens with zero attached hydrogens (tertiary/aromatic N) is 3. The summed E-state index contributed by atoms with van der Waals surface area (Å²) in [5.74, 6) is 0.904. The van der Waals surface area contributed by atoms with Crippen molar-refractivity contribution in [2.75, 3.05) is 26.8 Å². The van der Waals surface area contributed by atoms with Crippen molar-refractivity contribution in [2.45, 2.75) is 39.8 Å². The van der Waals surface area contributed by atoms with Crippen LogP contribution in [0.2, 0.25) is 0 Å². The summed E-state index contributed by atoms with van der Waals surface area (Å²) in [5, 5.41) is 2.79. The summed E-state index contributed by atoms with van der Waals surface area (Å²) in [6.45, 7) is 8.20. The number of carbonyl (C=O) groups is 2. The van der Waals surface area contributed by atoms with Gasteiger partial charge in [-0.15, -0.1) is 0 Å². The van der Waals surface area contributed by atoms with Gasteiger partial charge in [0.15, 0.2) is 0 Å². The number of rotatable bonds is 6. The molecule has 0 bridgehead atoms. The Morgan fingerprint density at radius 1 is 1.43 bits per heavy atom. The van der Waals surface area contributed by atoms with Gasteiger partial charge in [-0.25, -0.2) is 4.98 Å². The van der Waals surface area contributed by atoms with Gasteiger partial charge in [0, 0.05) is 38.9 Å². The molecule has 7 nitrogen and oxygen atoms in total. The molecule has 2 rings (SSSR count). The minimum Gasteiger partial charge on any atom is -0.383 e. The first-order valence-corrected chi connectivity index (χ1v) is 8.06. The standard InChI is InChI=1S/C16H26N4O3/c1-11(2)16(22)20-7-6-19-10-13(18-15(19)12(20)3)9-14(21)17-5-8-23-4/h10-12H,5-9H2,1-4H3,(H,17,21)/t12-/m0/s1. The van der Waals surface area contributed by atoms with Crippen LogP contribution < -0.4 is 5.32 Å². The van der Waals surface area contributed by atoms with Crippen molar-refractivity contribution >= 4 is 11.8 Å². The first-order valence-electron chi connectivity index (χ1n) is 8.06. The van der Waals surface area contributed by atoms with Crippen LogP contribution in [0, 0.1) is 5.92 Å². The highest BCUT2D eigenvalue weighted by Gasteiger charge is 2.30. The predicted molar refractivity (Wildman–Crippen MR) is 85.8 cm³/mol. The van der Waals surface area contributed by atoms with Crippen molar-refractivity contribution in [1.29, 1.82) is 0 Å². The van der Waals surface area contributed by atoms with Gasteiger partial charge >= 0.3 is 0 Å². The van der Waals surface area contributed by atoms with Crippen LogP contribution in [0.5, 0.6) is 0 Å². The Morgan fingerprint density at radius 3 is 2.83 bits per heavy atom. The summed E-state index contributed by atoms with van der Waals surface area (Å²) >= 11 is 0. The van der Waals surface area contributed by atoms with Crippen LogP contribution in [0.1, 0.15) is 38.3 Å². The van der Waals surface area contributed by atoms with Crippen LogP contribution in [0.4, 0.5) is 0 Å². The topological polar surface area (TPSA) is 76.5 Å². The second-order valence-electron chi connectivity index (χ2n) is 6.17. The fraction of sp³-hybridized carbons (Fsp3) is 0.688. The predicted octanol–water partition coefficient (Wildman–Crippen LogP) is 0.747. The van der Waals surface area contributed by atoms with E-state index in [1.54, 1.807) is 7.11 Å². The zero-order valence-corrected chi connectivity index (χ0v) is 14.3. The number of hydrogen-bond donors (Lipinski definition) is 1. The van der Waals surface area contributed by atoms with E-state index in [-0.39, 0.29) is 30.2 Å². The summed E-state index contributed by atoms with van der Waals surface area (Å²) in [5.41, 5.74) is 0.737. The first-order chi connectivity index (χ1) is 10.9. The Hall–Kier alpha value is -1.89. The lowest BCUT2D eigenvalue weighted by Crippen LogP contribution is -2.42. The number of hydrogen-bond acceptors (Lipinski definition) is 4. The van der Waals surface area contributed by atoms with E-state index in [1.807, 2.05) is 36.4 Å². The SMILES string of the molecule is COCCNC(=O)Cc1cn2c(n1)[C@H](C)N(C(=O)C(C)C)CC2. The van der Waals surface area contributed by atoms with Gasteiger partial charge in [-0.3, -0.25) is 9.59 Å². The van der Waals surface area contributed by atoms with E-state index in [0.717, 1.165) is 18.1 Å². The summed E-state index contributed by atoms with van der Waals surface area (Å²) in [6.07, 6.45) is 2.16. The normalized spacial score (nSPS) is 17.3. The van der Waals surface area contributed by atoms with Gasteiger partial charge in [0.1, 0.15) is 5.82 Å². The Labute approximate surface area is 137 Å². The number of nitrogens with one attached hydrogen (secondary N) is 1. The van der Waals surface area contributed by atoms with Crippen LogP contribution >= 0.6 is 0 Å². The summed E-state index contributed by atoms with van der Waals surface area (Å²) in [4.78, 5) is 30.6. The van der Waals surface area contributed by atoms with E-state index >= 15 is 0 Å². The van der Waals surface area contributed by atoms with Crippen molar-refractivity contribution in [3.8, 4) is 0 Å². The lowest BCUT2D eigenvalue weighted by molar-refractivity contribution is -0.137. The molecule has 0 aliphatic carbocycles. The Morgan fingerprint density at radius 2 is 2.17 bits per heavy atom. The molecule has 0 spiro atoms. The summed E-state index contributed by atoms with van der Waals surface area (Å²) < 4.78 is 6.95. The van der Waals surface area contributed by atoms with E-state index in [1.165, 1.54) is 0 Å². The number of fused-ring (bicyclic) bond motifs is 1. The van der Waals surface area contributed by atoms with Gasteiger partial charge in [-0.2, -0.15) is 0 Å². The van der Waals surface area contributed by atoms with Gasteiger partial charge in [0.25, 0.3) is 0 Å². The maximum Gasteiger partial charge on any atom is 0.226 e. The molecular formula is C16H26N4O3. The molecule has 1 aromatic heterocycles.